The van der Waals surface area contributed by atoms with Crippen molar-refractivity contribution in [2.75, 3.05) is 29.5 Å². The lowest BCUT2D eigenvalue weighted by Crippen LogP contribution is -2.37. The number of anilines is 2. The minimum absolute atomic E-state index is 0.166. The van der Waals surface area contributed by atoms with Crippen LogP contribution in [-0.4, -0.2) is 39.4 Å². The van der Waals surface area contributed by atoms with Gasteiger partial charge in [0.1, 0.15) is 18.1 Å². The van der Waals surface area contributed by atoms with Gasteiger partial charge in [0, 0.05) is 11.1 Å². The van der Waals surface area contributed by atoms with Gasteiger partial charge in [-0.25, -0.2) is 8.42 Å². The standard InChI is InChI=1S/C14H16ClN3O5S/c1-9-6-13(17-23-9)16-14(19)8-18(24(3,20)21)11-7-10(15)4-5-12(11)22-2/h4-7H,8H2,1-3H3,(H,16,17,19). The summed E-state index contributed by atoms with van der Waals surface area (Å²) in [6.45, 7) is 1.20. The van der Waals surface area contributed by atoms with E-state index in [4.69, 9.17) is 20.9 Å². The molecule has 0 saturated heterocycles. The van der Waals surface area contributed by atoms with Gasteiger partial charge in [-0.1, -0.05) is 16.8 Å². The fraction of sp³-hybridized carbons (Fsp3) is 0.286. The Balaban J connectivity index is 2.30. The minimum atomic E-state index is -3.76. The van der Waals surface area contributed by atoms with E-state index < -0.39 is 22.5 Å². The van der Waals surface area contributed by atoms with Crippen molar-refractivity contribution in [1.29, 1.82) is 0 Å². The summed E-state index contributed by atoms with van der Waals surface area (Å²) in [7, 11) is -2.37. The third-order valence-corrected chi connectivity index (χ3v) is 4.35. The second-order valence-corrected chi connectivity index (χ2v) is 7.30. The van der Waals surface area contributed by atoms with Crippen LogP contribution in [0.5, 0.6) is 5.75 Å². The summed E-state index contributed by atoms with van der Waals surface area (Å²) in [5.74, 6) is 0.399. The molecule has 0 aliphatic heterocycles. The average molecular weight is 374 g/mol. The number of nitrogens with zero attached hydrogens (tertiary/aromatic N) is 2. The number of sulfonamides is 1. The number of aromatic nitrogens is 1. The maximum atomic E-state index is 12.2. The van der Waals surface area contributed by atoms with E-state index in [9.17, 15) is 13.2 Å². The van der Waals surface area contributed by atoms with Crippen molar-refractivity contribution >= 4 is 39.0 Å². The zero-order valence-electron chi connectivity index (χ0n) is 13.2. The summed E-state index contributed by atoms with van der Waals surface area (Å²) < 4.78 is 35.1. The van der Waals surface area contributed by atoms with Gasteiger partial charge in [-0.2, -0.15) is 0 Å². The number of ether oxygens (including phenoxy) is 1. The second kappa shape index (κ2) is 7.10. The smallest absolute Gasteiger partial charge is 0.246 e. The predicted octanol–water partition coefficient (Wildman–Crippen LogP) is 2.05. The predicted molar refractivity (Wildman–Crippen MR) is 90.1 cm³/mol. The fourth-order valence-corrected chi connectivity index (χ4v) is 3.00. The normalized spacial score (nSPS) is 11.2. The quantitative estimate of drug-likeness (QED) is 0.831. The molecule has 0 aliphatic rings. The van der Waals surface area contributed by atoms with Gasteiger partial charge in [0.15, 0.2) is 5.82 Å². The number of hydrogen-bond acceptors (Lipinski definition) is 6. The Bertz CT molecular complexity index is 850. The van der Waals surface area contributed by atoms with Crippen LogP contribution in [0.25, 0.3) is 0 Å². The molecule has 2 rings (SSSR count). The van der Waals surface area contributed by atoms with E-state index in [1.807, 2.05) is 0 Å². The third kappa shape index (κ3) is 4.39. The zero-order valence-corrected chi connectivity index (χ0v) is 14.8. The maximum Gasteiger partial charge on any atom is 0.246 e. The van der Waals surface area contributed by atoms with Crippen molar-refractivity contribution < 1.29 is 22.5 Å². The summed E-state index contributed by atoms with van der Waals surface area (Å²) in [6, 6.07) is 6.01. The van der Waals surface area contributed by atoms with Crippen LogP contribution >= 0.6 is 11.6 Å². The monoisotopic (exact) mass is 373 g/mol. The molecule has 1 aromatic carbocycles. The molecule has 1 amide bonds. The van der Waals surface area contributed by atoms with Crippen LogP contribution in [0.1, 0.15) is 5.76 Å². The lowest BCUT2D eigenvalue weighted by atomic mass is 10.3. The molecule has 0 atom stereocenters. The number of amides is 1. The Morgan fingerprint density at radius 3 is 2.67 bits per heavy atom. The highest BCUT2D eigenvalue weighted by Crippen LogP contribution is 2.32. The largest absolute Gasteiger partial charge is 0.495 e. The Labute approximate surface area is 144 Å². The molecule has 1 heterocycles. The van der Waals surface area contributed by atoms with E-state index in [0.29, 0.717) is 10.8 Å². The summed E-state index contributed by atoms with van der Waals surface area (Å²) in [5, 5.41) is 6.40. The molecule has 0 radical (unpaired) electrons. The number of aryl methyl sites for hydroxylation is 1. The zero-order chi connectivity index (χ0) is 17.9. The number of carbonyl (C=O) groups is 1. The summed E-state index contributed by atoms with van der Waals surface area (Å²) >= 11 is 5.94. The molecule has 0 unspecified atom stereocenters. The Morgan fingerprint density at radius 1 is 1.42 bits per heavy atom. The van der Waals surface area contributed by atoms with Gasteiger partial charge in [-0.15, -0.1) is 0 Å². The van der Waals surface area contributed by atoms with E-state index >= 15 is 0 Å². The number of rotatable bonds is 6. The summed E-state index contributed by atoms with van der Waals surface area (Å²) in [6.07, 6.45) is 0.987. The van der Waals surface area contributed by atoms with E-state index in [1.165, 1.54) is 25.3 Å². The van der Waals surface area contributed by atoms with Gasteiger partial charge in [0.25, 0.3) is 0 Å². The second-order valence-electron chi connectivity index (χ2n) is 4.96. The fourth-order valence-electron chi connectivity index (χ4n) is 1.98. The van der Waals surface area contributed by atoms with E-state index in [-0.39, 0.29) is 17.3 Å². The number of methoxy groups -OCH3 is 1. The molecule has 0 spiro atoms. The molecule has 130 valence electrons. The average Bonchev–Trinajstić information content (AvgIpc) is 2.88. The molecule has 0 aliphatic carbocycles. The molecule has 8 nitrogen and oxygen atoms in total. The molecule has 1 N–H and O–H groups in total. The number of carbonyl (C=O) groups excluding carboxylic acids is 1. The highest BCUT2D eigenvalue weighted by atomic mass is 35.5. The van der Waals surface area contributed by atoms with Gasteiger partial charge in [-0.05, 0) is 25.1 Å². The van der Waals surface area contributed by atoms with Crippen LogP contribution < -0.4 is 14.4 Å². The van der Waals surface area contributed by atoms with Crippen LogP contribution in [0.15, 0.2) is 28.8 Å². The number of halogens is 1. The third-order valence-electron chi connectivity index (χ3n) is 2.99. The highest BCUT2D eigenvalue weighted by molar-refractivity contribution is 7.92. The summed E-state index contributed by atoms with van der Waals surface area (Å²) in [4.78, 5) is 12.2. The number of benzene rings is 1. The number of nitrogens with one attached hydrogen (secondary N) is 1. The molecule has 10 heteroatoms. The van der Waals surface area contributed by atoms with Crippen LogP contribution in [-0.2, 0) is 14.8 Å². The van der Waals surface area contributed by atoms with Crippen molar-refractivity contribution in [3.05, 3.63) is 35.0 Å². The van der Waals surface area contributed by atoms with Gasteiger partial charge < -0.3 is 14.6 Å². The Hall–Kier alpha value is -2.26. The molecule has 0 fully saturated rings. The van der Waals surface area contributed by atoms with E-state index in [0.717, 1.165) is 10.6 Å². The van der Waals surface area contributed by atoms with Crippen LogP contribution in [0, 0.1) is 6.92 Å². The first-order valence-corrected chi connectivity index (χ1v) is 8.97. The van der Waals surface area contributed by atoms with Gasteiger partial charge in [-0.3, -0.25) is 9.10 Å². The Morgan fingerprint density at radius 2 is 2.12 bits per heavy atom. The SMILES string of the molecule is COc1ccc(Cl)cc1N(CC(=O)Nc1cc(C)on1)S(C)(=O)=O. The van der Waals surface area contributed by atoms with Crippen LogP contribution in [0.2, 0.25) is 5.02 Å². The molecule has 24 heavy (non-hydrogen) atoms. The van der Waals surface area contributed by atoms with Gasteiger partial charge in [0.2, 0.25) is 15.9 Å². The lowest BCUT2D eigenvalue weighted by molar-refractivity contribution is -0.114. The van der Waals surface area contributed by atoms with Crippen molar-refractivity contribution in [1.82, 2.24) is 5.16 Å². The minimum Gasteiger partial charge on any atom is -0.495 e. The van der Waals surface area contributed by atoms with Crippen molar-refractivity contribution in [2.45, 2.75) is 6.92 Å². The first-order chi connectivity index (χ1) is 11.2. The molecule has 1 aromatic heterocycles. The van der Waals surface area contributed by atoms with Crippen molar-refractivity contribution in [2.24, 2.45) is 0 Å². The molecule has 0 bridgehead atoms. The van der Waals surface area contributed by atoms with E-state index in [2.05, 4.69) is 10.5 Å². The molecule has 2 aromatic rings. The van der Waals surface area contributed by atoms with Crippen molar-refractivity contribution in [3.8, 4) is 5.75 Å². The topological polar surface area (TPSA) is 102 Å². The molecular formula is C14H16ClN3O5S. The van der Waals surface area contributed by atoms with E-state index in [1.54, 1.807) is 13.0 Å². The first-order valence-electron chi connectivity index (χ1n) is 6.75. The van der Waals surface area contributed by atoms with Gasteiger partial charge >= 0.3 is 0 Å². The van der Waals surface area contributed by atoms with Crippen LogP contribution in [0.3, 0.4) is 0 Å². The van der Waals surface area contributed by atoms with Crippen LogP contribution in [0.4, 0.5) is 11.5 Å². The van der Waals surface area contributed by atoms with Gasteiger partial charge in [0.05, 0.1) is 19.1 Å². The highest BCUT2D eigenvalue weighted by Gasteiger charge is 2.24. The summed E-state index contributed by atoms with van der Waals surface area (Å²) in [5.41, 5.74) is 0.166. The lowest BCUT2D eigenvalue weighted by Gasteiger charge is -2.23. The first kappa shape index (κ1) is 18.1. The molecule has 0 saturated carbocycles. The maximum absolute atomic E-state index is 12.2. The van der Waals surface area contributed by atoms with Crippen molar-refractivity contribution in [3.63, 3.8) is 0 Å². The molecular weight excluding hydrogens is 358 g/mol. The number of hydrogen-bond donors (Lipinski definition) is 1. The Kier molecular flexibility index (Phi) is 5.35.